The van der Waals surface area contributed by atoms with Crippen LogP contribution < -0.4 is 22.1 Å². The van der Waals surface area contributed by atoms with E-state index in [0.717, 1.165) is 0 Å². The number of phenols is 1. The number of benzene rings is 1. The number of nitrogens with one attached hydrogen (secondary N) is 2. The van der Waals surface area contributed by atoms with Crippen molar-refractivity contribution in [2.45, 2.75) is 44.3 Å². The number of nitrogens with two attached hydrogens (primary N) is 2. The number of primary amides is 1. The molecule has 0 aliphatic heterocycles. The maximum absolute atomic E-state index is 12.4. The Balaban J connectivity index is 2.87. The van der Waals surface area contributed by atoms with E-state index < -0.39 is 41.8 Å². The SMILES string of the molecule is CC(NC(=O)C(Cc1ccc(O)cc1)NC(=O)C(N)CCC(N)=O)C(=O)O. The molecule has 1 rings (SSSR count). The minimum absolute atomic E-state index is 0.0141. The fraction of sp³-hybridized carbons (Fsp3) is 0.412. The summed E-state index contributed by atoms with van der Waals surface area (Å²) in [6.07, 6.45) is -0.0214. The van der Waals surface area contributed by atoms with Crippen LogP contribution in [0.3, 0.4) is 0 Å². The molecule has 0 aromatic heterocycles. The Morgan fingerprint density at radius 2 is 1.67 bits per heavy atom. The minimum atomic E-state index is -1.23. The Morgan fingerprint density at radius 1 is 1.07 bits per heavy atom. The van der Waals surface area contributed by atoms with E-state index in [-0.39, 0.29) is 25.0 Å². The van der Waals surface area contributed by atoms with E-state index >= 15 is 0 Å². The van der Waals surface area contributed by atoms with Crippen LogP contribution in [0.4, 0.5) is 0 Å². The average Bonchev–Trinajstić information content (AvgIpc) is 2.60. The van der Waals surface area contributed by atoms with Crippen molar-refractivity contribution in [1.29, 1.82) is 0 Å². The molecule has 3 amide bonds. The fourth-order valence-corrected chi connectivity index (χ4v) is 2.16. The smallest absolute Gasteiger partial charge is 0.325 e. The van der Waals surface area contributed by atoms with Crippen molar-refractivity contribution >= 4 is 23.7 Å². The van der Waals surface area contributed by atoms with E-state index in [2.05, 4.69) is 10.6 Å². The molecular formula is C17H24N4O6. The molecule has 0 heterocycles. The van der Waals surface area contributed by atoms with Gasteiger partial charge in [0.05, 0.1) is 6.04 Å². The van der Waals surface area contributed by atoms with Gasteiger partial charge in [-0.05, 0) is 31.0 Å². The van der Waals surface area contributed by atoms with Gasteiger partial charge in [0.2, 0.25) is 17.7 Å². The zero-order valence-corrected chi connectivity index (χ0v) is 14.8. The second-order valence-electron chi connectivity index (χ2n) is 6.11. The lowest BCUT2D eigenvalue weighted by Crippen LogP contribution is -2.54. The predicted octanol–water partition coefficient (Wildman–Crippen LogP) is -1.40. The highest BCUT2D eigenvalue weighted by molar-refractivity contribution is 5.92. The number of aromatic hydroxyl groups is 1. The van der Waals surface area contributed by atoms with Crippen LogP contribution in [0.2, 0.25) is 0 Å². The van der Waals surface area contributed by atoms with E-state index in [9.17, 15) is 24.3 Å². The first-order valence-corrected chi connectivity index (χ1v) is 8.25. The molecule has 0 bridgehead atoms. The number of phenolic OH excluding ortho intramolecular Hbond substituents is 1. The predicted molar refractivity (Wildman–Crippen MR) is 95.4 cm³/mol. The van der Waals surface area contributed by atoms with Gasteiger partial charge < -0.3 is 32.3 Å². The number of amides is 3. The molecule has 10 nitrogen and oxygen atoms in total. The highest BCUT2D eigenvalue weighted by Crippen LogP contribution is 2.12. The first-order valence-electron chi connectivity index (χ1n) is 8.25. The standard InChI is InChI=1S/C17H24N4O6/c1-9(17(26)27)20-16(25)13(8-10-2-4-11(22)5-3-10)21-15(24)12(18)6-7-14(19)23/h2-5,9,12-13,22H,6-8,18H2,1H3,(H2,19,23)(H,20,25)(H,21,24)(H,26,27). The number of hydrogen-bond acceptors (Lipinski definition) is 6. The maximum Gasteiger partial charge on any atom is 0.325 e. The summed E-state index contributed by atoms with van der Waals surface area (Å²) in [4.78, 5) is 46.4. The van der Waals surface area contributed by atoms with Crippen molar-refractivity contribution in [2.75, 3.05) is 0 Å². The lowest BCUT2D eigenvalue weighted by Gasteiger charge is -2.22. The highest BCUT2D eigenvalue weighted by atomic mass is 16.4. The summed E-state index contributed by atoms with van der Waals surface area (Å²) in [5, 5.41) is 23.0. The minimum Gasteiger partial charge on any atom is -0.508 e. The van der Waals surface area contributed by atoms with E-state index in [1.807, 2.05) is 0 Å². The molecule has 10 heteroatoms. The lowest BCUT2D eigenvalue weighted by atomic mass is 10.0. The molecule has 27 heavy (non-hydrogen) atoms. The summed E-state index contributed by atoms with van der Waals surface area (Å²) in [5.41, 5.74) is 11.3. The van der Waals surface area contributed by atoms with E-state index in [4.69, 9.17) is 16.6 Å². The normalized spacial score (nSPS) is 13.9. The number of aliphatic carboxylic acids is 1. The van der Waals surface area contributed by atoms with Gasteiger partial charge in [0.15, 0.2) is 0 Å². The summed E-state index contributed by atoms with van der Waals surface area (Å²) >= 11 is 0. The monoisotopic (exact) mass is 380 g/mol. The second kappa shape index (κ2) is 10.1. The third kappa shape index (κ3) is 7.74. The van der Waals surface area contributed by atoms with Crippen molar-refractivity contribution < 1.29 is 29.4 Å². The summed E-state index contributed by atoms with van der Waals surface area (Å²) < 4.78 is 0. The highest BCUT2D eigenvalue weighted by Gasteiger charge is 2.26. The van der Waals surface area contributed by atoms with Crippen LogP contribution in [0.25, 0.3) is 0 Å². The molecule has 0 aliphatic carbocycles. The summed E-state index contributed by atoms with van der Waals surface area (Å²) in [6, 6.07) is 2.67. The van der Waals surface area contributed by atoms with Gasteiger partial charge in [-0.2, -0.15) is 0 Å². The Labute approximate surface area is 155 Å². The molecule has 8 N–H and O–H groups in total. The zero-order chi connectivity index (χ0) is 20.6. The van der Waals surface area contributed by atoms with Gasteiger partial charge in [-0.25, -0.2) is 0 Å². The third-order valence-electron chi connectivity index (χ3n) is 3.78. The van der Waals surface area contributed by atoms with Crippen molar-refractivity contribution in [3.05, 3.63) is 29.8 Å². The molecule has 1 aromatic rings. The average molecular weight is 380 g/mol. The van der Waals surface area contributed by atoms with Gasteiger partial charge in [-0.3, -0.25) is 19.2 Å². The summed E-state index contributed by atoms with van der Waals surface area (Å²) in [7, 11) is 0. The van der Waals surface area contributed by atoms with Gasteiger partial charge in [-0.1, -0.05) is 12.1 Å². The van der Waals surface area contributed by atoms with Crippen LogP contribution in [-0.2, 0) is 25.6 Å². The van der Waals surface area contributed by atoms with Crippen LogP contribution in [0, 0.1) is 0 Å². The first-order chi connectivity index (χ1) is 12.6. The van der Waals surface area contributed by atoms with Gasteiger partial charge in [-0.15, -0.1) is 0 Å². The quantitative estimate of drug-likeness (QED) is 0.288. The van der Waals surface area contributed by atoms with Gasteiger partial charge in [0, 0.05) is 12.8 Å². The van der Waals surface area contributed by atoms with Gasteiger partial charge in [0.25, 0.3) is 0 Å². The van der Waals surface area contributed by atoms with Crippen molar-refractivity contribution in [3.63, 3.8) is 0 Å². The van der Waals surface area contributed by atoms with Crippen molar-refractivity contribution in [3.8, 4) is 5.75 Å². The van der Waals surface area contributed by atoms with E-state index in [1.165, 1.54) is 19.1 Å². The molecule has 0 saturated heterocycles. The van der Waals surface area contributed by atoms with Crippen LogP contribution in [0.1, 0.15) is 25.3 Å². The number of carbonyl (C=O) groups is 4. The number of rotatable bonds is 10. The first kappa shape index (κ1) is 21.9. The molecule has 0 spiro atoms. The molecule has 0 aliphatic rings. The molecule has 0 radical (unpaired) electrons. The Kier molecular flexibility index (Phi) is 8.21. The number of carbonyl (C=O) groups excluding carboxylic acids is 3. The molecule has 0 fully saturated rings. The van der Waals surface area contributed by atoms with Crippen molar-refractivity contribution in [1.82, 2.24) is 10.6 Å². The number of carboxylic acid groups (broad SMARTS) is 1. The fourth-order valence-electron chi connectivity index (χ4n) is 2.16. The van der Waals surface area contributed by atoms with Crippen molar-refractivity contribution in [2.24, 2.45) is 11.5 Å². The molecular weight excluding hydrogens is 356 g/mol. The molecule has 3 atom stereocenters. The zero-order valence-electron chi connectivity index (χ0n) is 14.8. The van der Waals surface area contributed by atoms with Crippen LogP contribution >= 0.6 is 0 Å². The maximum atomic E-state index is 12.4. The lowest BCUT2D eigenvalue weighted by molar-refractivity contribution is -0.141. The Morgan fingerprint density at radius 3 is 2.19 bits per heavy atom. The van der Waals surface area contributed by atoms with Crippen LogP contribution in [0.5, 0.6) is 5.75 Å². The molecule has 148 valence electrons. The van der Waals surface area contributed by atoms with E-state index in [0.29, 0.717) is 5.56 Å². The summed E-state index contributed by atoms with van der Waals surface area (Å²) in [5.74, 6) is -3.16. The Hall–Kier alpha value is -3.14. The topological polar surface area (TPSA) is 185 Å². The van der Waals surface area contributed by atoms with Crippen LogP contribution in [-0.4, -0.2) is 52.0 Å². The largest absolute Gasteiger partial charge is 0.508 e. The molecule has 1 aromatic carbocycles. The summed E-state index contributed by atoms with van der Waals surface area (Å²) in [6.45, 7) is 1.29. The second-order valence-corrected chi connectivity index (χ2v) is 6.11. The van der Waals surface area contributed by atoms with Gasteiger partial charge >= 0.3 is 5.97 Å². The number of hydrogen-bond donors (Lipinski definition) is 6. The third-order valence-corrected chi connectivity index (χ3v) is 3.78. The van der Waals surface area contributed by atoms with E-state index in [1.54, 1.807) is 12.1 Å². The molecule has 3 unspecified atom stereocenters. The van der Waals surface area contributed by atoms with Crippen LogP contribution in [0.15, 0.2) is 24.3 Å². The number of carboxylic acids is 1. The van der Waals surface area contributed by atoms with Gasteiger partial charge in [0.1, 0.15) is 17.8 Å². The molecule has 0 saturated carbocycles. The Bertz CT molecular complexity index is 691.